The number of benzene rings is 1. The van der Waals surface area contributed by atoms with Gasteiger partial charge in [-0.1, -0.05) is 12.1 Å². The van der Waals surface area contributed by atoms with Gasteiger partial charge < -0.3 is 19.1 Å². The fourth-order valence-electron chi connectivity index (χ4n) is 4.23. The molecule has 2 aromatic heterocycles. The number of carbonyl (C=O) groups excluding carboxylic acids is 2. The van der Waals surface area contributed by atoms with Crippen molar-refractivity contribution in [2.45, 2.75) is 13.0 Å². The first-order chi connectivity index (χ1) is 16.0. The highest BCUT2D eigenvalue weighted by Crippen LogP contribution is 2.31. The highest BCUT2D eigenvalue weighted by Gasteiger charge is 2.34. The van der Waals surface area contributed by atoms with E-state index in [2.05, 4.69) is 21.3 Å². The molecule has 2 aliphatic rings. The van der Waals surface area contributed by atoms with Crippen LogP contribution in [0.1, 0.15) is 12.6 Å². The number of carbonyl (C=O) groups is 2. The van der Waals surface area contributed by atoms with Gasteiger partial charge in [-0.05, 0) is 31.2 Å². The van der Waals surface area contributed by atoms with Crippen LogP contribution in [0, 0.1) is 11.3 Å². The van der Waals surface area contributed by atoms with Crippen molar-refractivity contribution >= 4 is 29.1 Å². The number of piperazine rings is 1. The lowest BCUT2D eigenvalue weighted by Crippen LogP contribution is -2.56. The minimum absolute atomic E-state index is 0.000693. The van der Waals surface area contributed by atoms with Gasteiger partial charge >= 0.3 is 0 Å². The molecule has 1 N–H and O–H groups in total. The van der Waals surface area contributed by atoms with E-state index in [4.69, 9.17) is 8.83 Å². The van der Waals surface area contributed by atoms with Crippen molar-refractivity contribution in [1.29, 1.82) is 5.26 Å². The van der Waals surface area contributed by atoms with Crippen molar-refractivity contribution in [3.8, 4) is 17.7 Å². The van der Waals surface area contributed by atoms with Gasteiger partial charge in [0.1, 0.15) is 12.6 Å². The van der Waals surface area contributed by atoms with Crippen LogP contribution in [-0.4, -0.2) is 60.5 Å². The zero-order chi connectivity index (χ0) is 22.9. The van der Waals surface area contributed by atoms with Gasteiger partial charge in [0, 0.05) is 26.2 Å². The monoisotopic (exact) mass is 446 g/mol. The number of oxazole rings is 1. The second kappa shape index (κ2) is 8.44. The number of aromatic nitrogens is 1. The molecule has 3 aromatic rings. The number of hydrogen-bond donors (Lipinski definition) is 1. The van der Waals surface area contributed by atoms with Gasteiger partial charge in [0.2, 0.25) is 23.4 Å². The third-order valence-corrected chi connectivity index (χ3v) is 5.99. The predicted octanol–water partition coefficient (Wildman–Crippen LogP) is 2.30. The van der Waals surface area contributed by atoms with Crippen molar-refractivity contribution in [2.24, 2.45) is 0 Å². The van der Waals surface area contributed by atoms with Crippen molar-refractivity contribution < 1.29 is 18.4 Å². The summed E-state index contributed by atoms with van der Waals surface area (Å²) >= 11 is 0. The fraction of sp³-hybridized carbons (Fsp3) is 0.304. The number of nitriles is 1. The molecule has 1 saturated heterocycles. The highest BCUT2D eigenvalue weighted by atomic mass is 16.4. The lowest BCUT2D eigenvalue weighted by Gasteiger charge is -2.39. The number of nitrogens with one attached hydrogen (secondary N) is 1. The van der Waals surface area contributed by atoms with Gasteiger partial charge in [0.05, 0.1) is 23.7 Å². The molecule has 33 heavy (non-hydrogen) atoms. The number of para-hydroxylation sites is 2. The van der Waals surface area contributed by atoms with Crippen LogP contribution < -0.4 is 15.1 Å². The first kappa shape index (κ1) is 20.8. The average Bonchev–Trinajstić information content (AvgIpc) is 3.52. The minimum atomic E-state index is -0.407. The number of amides is 2. The zero-order valence-electron chi connectivity index (χ0n) is 18.0. The Labute approximate surface area is 190 Å². The van der Waals surface area contributed by atoms with Crippen molar-refractivity contribution in [2.75, 3.05) is 47.8 Å². The number of anilines is 3. The van der Waals surface area contributed by atoms with E-state index in [1.165, 1.54) is 6.26 Å². The van der Waals surface area contributed by atoms with E-state index in [0.29, 0.717) is 49.2 Å². The molecule has 5 rings (SSSR count). The molecule has 0 aliphatic carbocycles. The summed E-state index contributed by atoms with van der Waals surface area (Å²) in [6.07, 6.45) is 1.52. The molecule has 168 valence electrons. The Morgan fingerprint density at radius 2 is 1.97 bits per heavy atom. The molecule has 4 heterocycles. The highest BCUT2D eigenvalue weighted by molar-refractivity contribution is 6.11. The molecule has 0 spiro atoms. The summed E-state index contributed by atoms with van der Waals surface area (Å²) < 4.78 is 11.2. The van der Waals surface area contributed by atoms with Crippen LogP contribution in [0.25, 0.3) is 11.7 Å². The quantitative estimate of drug-likeness (QED) is 0.649. The molecule has 0 radical (unpaired) electrons. The molecule has 0 bridgehead atoms. The van der Waals surface area contributed by atoms with Gasteiger partial charge in [0.25, 0.3) is 5.89 Å². The molecule has 2 aliphatic heterocycles. The molecular weight excluding hydrogens is 424 g/mol. The summed E-state index contributed by atoms with van der Waals surface area (Å²) in [6.45, 7) is 4.18. The molecule has 0 saturated carbocycles. The standard InChI is InChI=1S/C23H22N6O4/c1-15(22(31)29-14-20(30)25-16-5-2-3-6-18(16)29)27-8-10-28(11-9-27)23-17(13-24)26-21(33-23)19-7-4-12-32-19/h2-7,12,15H,8-11,14H2,1H3,(H,25,30). The first-order valence-corrected chi connectivity index (χ1v) is 10.7. The van der Waals surface area contributed by atoms with Gasteiger partial charge in [0.15, 0.2) is 5.76 Å². The summed E-state index contributed by atoms with van der Waals surface area (Å²) in [6, 6.07) is 12.4. The summed E-state index contributed by atoms with van der Waals surface area (Å²) in [4.78, 5) is 35.2. The fourth-order valence-corrected chi connectivity index (χ4v) is 4.23. The van der Waals surface area contributed by atoms with Crippen LogP contribution >= 0.6 is 0 Å². The number of fused-ring (bicyclic) bond motifs is 1. The maximum atomic E-state index is 13.3. The normalized spacial score (nSPS) is 17.3. The summed E-state index contributed by atoms with van der Waals surface area (Å²) in [5.41, 5.74) is 1.55. The molecule has 10 heteroatoms. The van der Waals surface area contributed by atoms with Gasteiger partial charge in [-0.15, -0.1) is 0 Å². The minimum Gasteiger partial charge on any atom is -0.459 e. The molecule has 10 nitrogen and oxygen atoms in total. The lowest BCUT2D eigenvalue weighted by molar-refractivity contribution is -0.125. The largest absolute Gasteiger partial charge is 0.459 e. The Bertz CT molecular complexity index is 1220. The molecular formula is C23H22N6O4. The van der Waals surface area contributed by atoms with Crippen molar-refractivity contribution in [3.63, 3.8) is 0 Å². The third-order valence-electron chi connectivity index (χ3n) is 5.99. The first-order valence-electron chi connectivity index (χ1n) is 10.7. The van der Waals surface area contributed by atoms with E-state index < -0.39 is 6.04 Å². The van der Waals surface area contributed by atoms with E-state index in [9.17, 15) is 14.9 Å². The van der Waals surface area contributed by atoms with E-state index >= 15 is 0 Å². The van der Waals surface area contributed by atoms with Crippen LogP contribution in [0.3, 0.4) is 0 Å². The summed E-state index contributed by atoms with van der Waals surface area (Å²) in [5.74, 6) is 0.800. The SMILES string of the molecule is CC(C(=O)N1CC(=O)Nc2ccccc21)N1CCN(c2oc(-c3ccco3)nc2C#N)CC1. The Morgan fingerprint density at radius 3 is 2.70 bits per heavy atom. The van der Waals surface area contributed by atoms with Crippen LogP contribution in [0.4, 0.5) is 17.3 Å². The van der Waals surface area contributed by atoms with Gasteiger partial charge in [-0.25, -0.2) is 0 Å². The Kier molecular flexibility index (Phi) is 5.32. The van der Waals surface area contributed by atoms with Crippen molar-refractivity contribution in [3.05, 3.63) is 48.4 Å². The van der Waals surface area contributed by atoms with Crippen LogP contribution in [0.15, 0.2) is 51.5 Å². The molecule has 2 amide bonds. The summed E-state index contributed by atoms with van der Waals surface area (Å²) in [7, 11) is 0. The number of hydrogen-bond acceptors (Lipinski definition) is 8. The Morgan fingerprint density at radius 1 is 1.18 bits per heavy atom. The Hall–Kier alpha value is -4.10. The lowest BCUT2D eigenvalue weighted by atomic mass is 10.1. The average molecular weight is 446 g/mol. The molecule has 1 atom stereocenters. The molecule has 1 unspecified atom stereocenters. The van der Waals surface area contributed by atoms with Crippen LogP contribution in [0.5, 0.6) is 0 Å². The van der Waals surface area contributed by atoms with Gasteiger partial charge in [-0.2, -0.15) is 10.2 Å². The topological polar surface area (TPSA) is 119 Å². The van der Waals surface area contributed by atoms with Crippen LogP contribution in [-0.2, 0) is 9.59 Å². The molecule has 1 fully saturated rings. The van der Waals surface area contributed by atoms with Gasteiger partial charge in [-0.3, -0.25) is 19.4 Å². The smallest absolute Gasteiger partial charge is 0.266 e. The van der Waals surface area contributed by atoms with E-state index in [1.807, 2.05) is 30.0 Å². The Balaban J connectivity index is 1.28. The zero-order valence-corrected chi connectivity index (χ0v) is 18.0. The second-order valence-electron chi connectivity index (χ2n) is 7.95. The maximum Gasteiger partial charge on any atom is 0.266 e. The number of furan rings is 1. The number of nitrogens with zero attached hydrogens (tertiary/aromatic N) is 5. The van der Waals surface area contributed by atoms with Crippen molar-refractivity contribution in [1.82, 2.24) is 9.88 Å². The maximum absolute atomic E-state index is 13.3. The predicted molar refractivity (Wildman–Crippen MR) is 120 cm³/mol. The third kappa shape index (κ3) is 3.83. The molecule has 1 aromatic carbocycles. The van der Waals surface area contributed by atoms with E-state index in [0.717, 1.165) is 0 Å². The number of rotatable bonds is 4. The van der Waals surface area contributed by atoms with E-state index in [1.54, 1.807) is 23.1 Å². The van der Waals surface area contributed by atoms with Crippen LogP contribution in [0.2, 0.25) is 0 Å². The summed E-state index contributed by atoms with van der Waals surface area (Å²) in [5, 5.41) is 12.3. The van der Waals surface area contributed by atoms with E-state index in [-0.39, 0.29) is 29.9 Å². The second-order valence-corrected chi connectivity index (χ2v) is 7.95.